The Labute approximate surface area is 124 Å². The number of aromatic amines is 1. The van der Waals surface area contributed by atoms with Crippen molar-refractivity contribution in [3.63, 3.8) is 0 Å². The van der Waals surface area contributed by atoms with E-state index >= 15 is 0 Å². The maximum atomic E-state index is 13.4. The lowest BCUT2D eigenvalue weighted by Gasteiger charge is -2.07. The number of anilines is 2. The molecule has 3 rings (SSSR count). The van der Waals surface area contributed by atoms with Crippen molar-refractivity contribution in [2.75, 3.05) is 10.6 Å². The molecule has 0 fully saturated rings. The molecule has 1 aromatic heterocycles. The average molecular weight is 298 g/mol. The van der Waals surface area contributed by atoms with Crippen LogP contribution in [0.4, 0.5) is 15.8 Å². The van der Waals surface area contributed by atoms with Gasteiger partial charge in [0.2, 0.25) is 0 Å². The van der Waals surface area contributed by atoms with E-state index < -0.39 is 17.6 Å². The molecular formula is C15H11FN4O2. The Hall–Kier alpha value is -3.22. The Morgan fingerprint density at radius 2 is 1.82 bits per heavy atom. The Morgan fingerprint density at radius 3 is 2.64 bits per heavy atom. The molecule has 2 amide bonds. The first-order valence-electron chi connectivity index (χ1n) is 6.43. The van der Waals surface area contributed by atoms with Gasteiger partial charge >= 0.3 is 11.8 Å². The van der Waals surface area contributed by atoms with Gasteiger partial charge in [-0.15, -0.1) is 0 Å². The van der Waals surface area contributed by atoms with Gasteiger partial charge in [0.1, 0.15) is 5.82 Å². The predicted molar refractivity (Wildman–Crippen MR) is 79.8 cm³/mol. The summed E-state index contributed by atoms with van der Waals surface area (Å²) in [5, 5.41) is 12.2. The van der Waals surface area contributed by atoms with Crippen LogP contribution in [0.3, 0.4) is 0 Å². The molecule has 1 heterocycles. The number of benzene rings is 2. The Bertz CT molecular complexity index is 859. The van der Waals surface area contributed by atoms with E-state index in [2.05, 4.69) is 20.8 Å². The second-order valence-electron chi connectivity index (χ2n) is 4.56. The minimum Gasteiger partial charge on any atom is -0.318 e. The highest BCUT2D eigenvalue weighted by Gasteiger charge is 2.15. The predicted octanol–water partition coefficient (Wildman–Crippen LogP) is 2.28. The van der Waals surface area contributed by atoms with Crippen LogP contribution in [0, 0.1) is 5.82 Å². The summed E-state index contributed by atoms with van der Waals surface area (Å²) < 4.78 is 13.4. The lowest BCUT2D eigenvalue weighted by atomic mass is 10.2. The first kappa shape index (κ1) is 13.7. The van der Waals surface area contributed by atoms with Crippen LogP contribution in [-0.2, 0) is 9.59 Å². The zero-order chi connectivity index (χ0) is 15.5. The summed E-state index contributed by atoms with van der Waals surface area (Å²) in [4.78, 5) is 23.6. The molecule has 0 spiro atoms. The first-order valence-corrected chi connectivity index (χ1v) is 6.43. The summed E-state index contributed by atoms with van der Waals surface area (Å²) in [6.45, 7) is 0. The highest BCUT2D eigenvalue weighted by Crippen LogP contribution is 2.17. The SMILES string of the molecule is O=C(Nc1ccc2cn[nH]c2c1)C(=O)Nc1ccccc1F. The number of H-pyrrole nitrogens is 1. The van der Waals surface area contributed by atoms with E-state index in [1.807, 2.05) is 0 Å². The number of halogens is 1. The van der Waals surface area contributed by atoms with Crippen molar-refractivity contribution in [1.29, 1.82) is 0 Å². The maximum absolute atomic E-state index is 13.4. The standard InChI is InChI=1S/C15H11FN4O2/c16-11-3-1-2-4-12(11)19-15(22)14(21)18-10-6-5-9-8-17-20-13(9)7-10/h1-8H,(H,17,20)(H,18,21)(H,19,22). The third-order valence-corrected chi connectivity index (χ3v) is 3.03. The van der Waals surface area contributed by atoms with Crippen LogP contribution >= 0.6 is 0 Å². The van der Waals surface area contributed by atoms with E-state index in [4.69, 9.17) is 0 Å². The smallest absolute Gasteiger partial charge is 0.314 e. The zero-order valence-electron chi connectivity index (χ0n) is 11.3. The van der Waals surface area contributed by atoms with E-state index in [9.17, 15) is 14.0 Å². The molecule has 110 valence electrons. The van der Waals surface area contributed by atoms with Gasteiger partial charge < -0.3 is 10.6 Å². The van der Waals surface area contributed by atoms with Crippen LogP contribution in [0.15, 0.2) is 48.7 Å². The van der Waals surface area contributed by atoms with Crippen molar-refractivity contribution in [3.8, 4) is 0 Å². The van der Waals surface area contributed by atoms with Crippen LogP contribution in [0.5, 0.6) is 0 Å². The van der Waals surface area contributed by atoms with Gasteiger partial charge in [0.15, 0.2) is 0 Å². The van der Waals surface area contributed by atoms with Crippen molar-refractivity contribution < 1.29 is 14.0 Å². The molecule has 0 aliphatic carbocycles. The van der Waals surface area contributed by atoms with Gasteiger partial charge in [-0.05, 0) is 30.3 Å². The van der Waals surface area contributed by atoms with Crippen molar-refractivity contribution >= 4 is 34.1 Å². The molecule has 0 radical (unpaired) electrons. The molecule has 6 nitrogen and oxygen atoms in total. The molecule has 3 N–H and O–H groups in total. The van der Waals surface area contributed by atoms with Crippen LogP contribution in [0.1, 0.15) is 0 Å². The van der Waals surface area contributed by atoms with Crippen LogP contribution < -0.4 is 10.6 Å². The minimum absolute atomic E-state index is 0.0494. The first-order chi connectivity index (χ1) is 10.6. The van der Waals surface area contributed by atoms with Crippen molar-refractivity contribution in [2.45, 2.75) is 0 Å². The van der Waals surface area contributed by atoms with Crippen LogP contribution in [0.25, 0.3) is 10.9 Å². The fraction of sp³-hybridized carbons (Fsp3) is 0. The number of aromatic nitrogens is 2. The summed E-state index contributed by atoms with van der Waals surface area (Å²) in [5.74, 6) is -2.44. The zero-order valence-corrected chi connectivity index (χ0v) is 11.3. The van der Waals surface area contributed by atoms with E-state index in [0.29, 0.717) is 5.69 Å². The molecular weight excluding hydrogens is 287 g/mol. The fourth-order valence-electron chi connectivity index (χ4n) is 1.94. The van der Waals surface area contributed by atoms with Gasteiger partial charge in [-0.25, -0.2) is 4.39 Å². The molecule has 0 aliphatic heterocycles. The quantitative estimate of drug-likeness (QED) is 0.634. The molecule has 7 heteroatoms. The van der Waals surface area contributed by atoms with Crippen molar-refractivity contribution in [2.24, 2.45) is 0 Å². The van der Waals surface area contributed by atoms with E-state index in [-0.39, 0.29) is 5.69 Å². The topological polar surface area (TPSA) is 86.9 Å². The van der Waals surface area contributed by atoms with E-state index in [1.54, 1.807) is 30.5 Å². The number of amides is 2. The molecule has 0 atom stereocenters. The third-order valence-electron chi connectivity index (χ3n) is 3.03. The lowest BCUT2D eigenvalue weighted by molar-refractivity contribution is -0.133. The van der Waals surface area contributed by atoms with Gasteiger partial charge in [-0.3, -0.25) is 14.7 Å². The molecule has 0 bridgehead atoms. The number of hydrogen-bond acceptors (Lipinski definition) is 3. The second kappa shape index (κ2) is 5.65. The number of nitrogens with zero attached hydrogens (tertiary/aromatic N) is 1. The lowest BCUT2D eigenvalue weighted by Crippen LogP contribution is -2.29. The summed E-state index contributed by atoms with van der Waals surface area (Å²) in [5.41, 5.74) is 1.12. The maximum Gasteiger partial charge on any atom is 0.314 e. The number of carbonyl (C=O) groups is 2. The van der Waals surface area contributed by atoms with Gasteiger partial charge in [0.25, 0.3) is 0 Å². The van der Waals surface area contributed by atoms with Gasteiger partial charge in [-0.1, -0.05) is 12.1 Å². The number of rotatable bonds is 2. The Balaban J connectivity index is 1.70. The number of hydrogen-bond donors (Lipinski definition) is 3. The minimum atomic E-state index is -0.949. The molecule has 2 aromatic carbocycles. The molecule has 22 heavy (non-hydrogen) atoms. The molecule has 0 saturated heterocycles. The molecule has 0 aliphatic rings. The number of para-hydroxylation sites is 1. The van der Waals surface area contributed by atoms with Crippen molar-refractivity contribution in [3.05, 3.63) is 54.5 Å². The van der Waals surface area contributed by atoms with Gasteiger partial charge in [0.05, 0.1) is 17.4 Å². The van der Waals surface area contributed by atoms with Crippen molar-refractivity contribution in [1.82, 2.24) is 10.2 Å². The Kier molecular flexibility index (Phi) is 3.53. The van der Waals surface area contributed by atoms with Gasteiger partial charge in [0, 0.05) is 11.1 Å². The normalized spacial score (nSPS) is 10.4. The summed E-state index contributed by atoms with van der Waals surface area (Å²) in [6.07, 6.45) is 1.64. The molecule has 0 saturated carbocycles. The van der Waals surface area contributed by atoms with Crippen LogP contribution in [0.2, 0.25) is 0 Å². The number of fused-ring (bicyclic) bond motifs is 1. The summed E-state index contributed by atoms with van der Waals surface area (Å²) in [7, 11) is 0. The third kappa shape index (κ3) is 2.78. The fourth-order valence-corrected chi connectivity index (χ4v) is 1.94. The van der Waals surface area contributed by atoms with Gasteiger partial charge in [-0.2, -0.15) is 5.10 Å². The highest BCUT2D eigenvalue weighted by atomic mass is 19.1. The van der Waals surface area contributed by atoms with Crippen LogP contribution in [-0.4, -0.2) is 22.0 Å². The molecule has 0 unspecified atom stereocenters. The monoisotopic (exact) mass is 298 g/mol. The Morgan fingerprint density at radius 1 is 1.05 bits per heavy atom. The number of nitrogens with one attached hydrogen (secondary N) is 3. The summed E-state index contributed by atoms with van der Waals surface area (Å²) >= 11 is 0. The summed E-state index contributed by atoms with van der Waals surface area (Å²) in [6, 6.07) is 10.7. The second-order valence-corrected chi connectivity index (χ2v) is 4.56. The molecule has 3 aromatic rings. The van der Waals surface area contributed by atoms with E-state index in [0.717, 1.165) is 10.9 Å². The number of carbonyl (C=O) groups excluding carboxylic acids is 2. The van der Waals surface area contributed by atoms with E-state index in [1.165, 1.54) is 18.2 Å². The largest absolute Gasteiger partial charge is 0.318 e. The average Bonchev–Trinajstić information content (AvgIpc) is 2.97. The highest BCUT2D eigenvalue weighted by molar-refractivity contribution is 6.43.